The molecule has 1 saturated carbocycles. The molecule has 4 rings (SSSR count). The van der Waals surface area contributed by atoms with Crippen LogP contribution in [-0.4, -0.2) is 49.2 Å². The number of nitrogens with zero attached hydrogens (tertiary/aromatic N) is 2. The summed E-state index contributed by atoms with van der Waals surface area (Å²) in [4.78, 5) is 17.1. The van der Waals surface area contributed by atoms with Gasteiger partial charge in [-0.1, -0.05) is 46.4 Å². The number of halogens is 3. The summed E-state index contributed by atoms with van der Waals surface area (Å²) in [6.45, 7) is 1.89. The van der Waals surface area contributed by atoms with Crippen LogP contribution in [0.5, 0.6) is 0 Å². The van der Waals surface area contributed by atoms with Gasteiger partial charge in [0.1, 0.15) is 0 Å². The first-order valence-electron chi connectivity index (χ1n) is 11.3. The summed E-state index contributed by atoms with van der Waals surface area (Å²) in [6.07, 6.45) is -4.27. The molecule has 35 heavy (non-hydrogen) atoms. The van der Waals surface area contributed by atoms with Crippen LogP contribution in [0, 0.1) is 0 Å². The number of amides is 1. The van der Waals surface area contributed by atoms with Crippen molar-refractivity contribution in [3.05, 3.63) is 66.2 Å². The van der Waals surface area contributed by atoms with E-state index in [0.29, 0.717) is 11.3 Å². The minimum Gasteiger partial charge on any atom is -0.271 e. The van der Waals surface area contributed by atoms with Gasteiger partial charge in [0.05, 0.1) is 5.56 Å². The predicted molar refractivity (Wildman–Crippen MR) is 125 cm³/mol. The van der Waals surface area contributed by atoms with Crippen molar-refractivity contribution in [2.45, 2.75) is 50.5 Å². The molecule has 2 fully saturated rings. The summed E-state index contributed by atoms with van der Waals surface area (Å²) >= 11 is 0. The molecule has 2 aromatic carbocycles. The highest BCUT2D eigenvalue weighted by atomic mass is 32.2. The number of quaternary nitrogens is 1. The number of benzene rings is 2. The lowest BCUT2D eigenvalue weighted by Gasteiger charge is -2.29. The minimum absolute atomic E-state index is 0.0141. The van der Waals surface area contributed by atoms with Gasteiger partial charge in [-0.05, 0) is 44.0 Å². The number of rotatable bonds is 6. The number of hydrogen-bond acceptors (Lipinski definition) is 5. The summed E-state index contributed by atoms with van der Waals surface area (Å²) in [5.41, 5.74) is 2.47. The number of aliphatic imine (C=N–C) groups is 1. The summed E-state index contributed by atoms with van der Waals surface area (Å²) < 4.78 is 70.3. The van der Waals surface area contributed by atoms with Crippen LogP contribution in [-0.2, 0) is 15.0 Å². The lowest BCUT2D eigenvalue weighted by molar-refractivity contribution is -0.686. The maximum Gasteiger partial charge on any atom is 0.512 e. The highest BCUT2D eigenvalue weighted by molar-refractivity contribution is 7.90. The second-order valence-electron chi connectivity index (χ2n) is 8.64. The minimum atomic E-state index is -5.09. The molecular weight excluding hydrogens is 483 g/mol. The molecule has 8 nitrogen and oxygen atoms in total. The van der Waals surface area contributed by atoms with Crippen molar-refractivity contribution in [3.63, 3.8) is 0 Å². The van der Waals surface area contributed by atoms with E-state index in [1.165, 1.54) is 0 Å². The van der Waals surface area contributed by atoms with Gasteiger partial charge in [0.2, 0.25) is 5.66 Å². The van der Waals surface area contributed by atoms with Crippen molar-refractivity contribution in [1.29, 1.82) is 0 Å². The Balaban J connectivity index is 1.55. The van der Waals surface area contributed by atoms with Gasteiger partial charge in [0, 0.05) is 31.1 Å². The second kappa shape index (κ2) is 9.34. The van der Waals surface area contributed by atoms with Crippen molar-refractivity contribution in [2.24, 2.45) is 4.99 Å². The highest BCUT2D eigenvalue weighted by Gasteiger charge is 2.82. The fraction of sp³-hybridized carbons (Fsp3) is 0.391. The Labute approximate surface area is 202 Å². The Bertz CT molecular complexity index is 1200. The molecule has 1 aliphatic heterocycles. The zero-order chi connectivity index (χ0) is 25.3. The van der Waals surface area contributed by atoms with Crippen LogP contribution >= 0.6 is 0 Å². The maximum absolute atomic E-state index is 13.8. The zero-order valence-electron chi connectivity index (χ0n) is 19.0. The normalized spacial score (nSPS) is 27.0. The van der Waals surface area contributed by atoms with Gasteiger partial charge in [-0.15, -0.1) is 0 Å². The molecule has 0 bridgehead atoms. The van der Waals surface area contributed by atoms with Crippen molar-refractivity contribution in [2.75, 3.05) is 11.3 Å². The third kappa shape index (κ3) is 4.96. The molecule has 0 aromatic heterocycles. The second-order valence-corrected chi connectivity index (χ2v) is 10.1. The zero-order valence-corrected chi connectivity index (χ0v) is 19.9. The van der Waals surface area contributed by atoms with Crippen molar-refractivity contribution >= 4 is 27.6 Å². The third-order valence-electron chi connectivity index (χ3n) is 6.33. The van der Waals surface area contributed by atoms with E-state index in [-0.39, 0.29) is 38.1 Å². The number of carbonyl (C=O) groups excluding carboxylic acids is 1. The number of anilines is 1. The molecule has 12 heteroatoms. The summed E-state index contributed by atoms with van der Waals surface area (Å²) in [7, 11) is -3.88. The summed E-state index contributed by atoms with van der Waals surface area (Å²) in [5, 5.41) is 0. The largest absolute Gasteiger partial charge is 0.512 e. The first-order valence-corrected chi connectivity index (χ1v) is 12.8. The Kier molecular flexibility index (Phi) is 6.75. The highest BCUT2D eigenvalue weighted by Crippen LogP contribution is 2.51. The van der Waals surface area contributed by atoms with Crippen LogP contribution < -0.4 is 14.9 Å². The Morgan fingerprint density at radius 1 is 1.09 bits per heavy atom. The van der Waals surface area contributed by atoms with Crippen LogP contribution in [0.4, 0.5) is 18.9 Å². The summed E-state index contributed by atoms with van der Waals surface area (Å²) in [6, 6.07) is 16.2. The van der Waals surface area contributed by atoms with E-state index < -0.39 is 38.6 Å². The Hall–Kier alpha value is -2.80. The number of hydrogen-bond donors (Lipinski definition) is 3. The molecule has 1 saturated heterocycles. The SMILES string of the molecule is CCN=C(c1ccccc1)[N+]1(C(=O)C(F)(F)F)NC12CCC(NS(=O)(=O)Nc1ccccc1)CC2. The standard InChI is InChI=1S/C23H27F3N5O3S/c1-2-27-20(17-9-5-3-6-10-17)31(21(32)23(24,25)26)22(30-31)15-13-19(14-16-22)29-35(33,34)28-18-11-7-4-8-12-18/h3-12,19,28-30H,2,13-16H2,1H3/q+1. The fourth-order valence-electron chi connectivity index (χ4n) is 4.77. The van der Waals surface area contributed by atoms with Gasteiger partial charge in [-0.2, -0.15) is 26.3 Å². The molecule has 3 N–H and O–H groups in total. The molecule has 2 aliphatic rings. The van der Waals surface area contributed by atoms with Gasteiger partial charge in [-0.25, -0.2) is 9.79 Å². The first-order chi connectivity index (χ1) is 16.5. The van der Waals surface area contributed by atoms with Crippen molar-refractivity contribution < 1.29 is 31.0 Å². The van der Waals surface area contributed by atoms with Gasteiger partial charge in [0.25, 0.3) is 16.0 Å². The fourth-order valence-corrected chi connectivity index (χ4v) is 5.95. The number of nitrogens with one attached hydrogen (secondary N) is 3. The smallest absolute Gasteiger partial charge is 0.271 e. The van der Waals surface area contributed by atoms with E-state index in [2.05, 4.69) is 19.9 Å². The molecular formula is C23H27F3N5O3S+. The van der Waals surface area contributed by atoms with Crippen molar-refractivity contribution in [3.8, 4) is 0 Å². The average molecular weight is 511 g/mol. The molecule has 1 atom stereocenters. The van der Waals surface area contributed by atoms with Crippen LogP contribution in [0.3, 0.4) is 0 Å². The van der Waals surface area contributed by atoms with E-state index in [0.717, 1.165) is 0 Å². The van der Waals surface area contributed by atoms with Gasteiger partial charge in [-0.3, -0.25) is 4.72 Å². The van der Waals surface area contributed by atoms with E-state index >= 15 is 0 Å². The number of amidine groups is 1. The predicted octanol–water partition coefficient (Wildman–Crippen LogP) is 3.46. The van der Waals surface area contributed by atoms with Gasteiger partial charge in [0.15, 0.2) is 0 Å². The molecule has 1 aliphatic carbocycles. The van der Waals surface area contributed by atoms with Gasteiger partial charge >= 0.3 is 12.1 Å². The van der Waals surface area contributed by atoms with E-state index in [4.69, 9.17) is 0 Å². The first kappa shape index (κ1) is 25.3. The van der Waals surface area contributed by atoms with Crippen LogP contribution in [0.15, 0.2) is 65.7 Å². The molecule has 188 valence electrons. The van der Waals surface area contributed by atoms with Crippen LogP contribution in [0.2, 0.25) is 0 Å². The topological polar surface area (TPSA) is 110 Å². The number of para-hydroxylation sites is 1. The van der Waals surface area contributed by atoms with E-state index in [1.54, 1.807) is 67.6 Å². The molecule has 1 heterocycles. The number of alkyl halides is 3. The molecule has 1 amide bonds. The molecule has 2 aromatic rings. The third-order valence-corrected chi connectivity index (χ3v) is 7.48. The van der Waals surface area contributed by atoms with E-state index in [9.17, 15) is 26.4 Å². The van der Waals surface area contributed by atoms with Crippen molar-refractivity contribution in [1.82, 2.24) is 10.1 Å². The molecule has 1 unspecified atom stereocenters. The van der Waals surface area contributed by atoms with Gasteiger partial charge < -0.3 is 0 Å². The van der Waals surface area contributed by atoms with Crippen LogP contribution in [0.25, 0.3) is 0 Å². The quantitative estimate of drug-likeness (QED) is 0.239. The summed E-state index contributed by atoms with van der Waals surface area (Å²) in [5.74, 6) is -1.92. The Morgan fingerprint density at radius 2 is 1.66 bits per heavy atom. The molecule has 0 radical (unpaired) electrons. The molecule has 1 spiro atoms. The number of carbonyl (C=O) groups is 1. The lowest BCUT2D eigenvalue weighted by atomic mass is 9.88. The Morgan fingerprint density at radius 3 is 2.20 bits per heavy atom. The van der Waals surface area contributed by atoms with E-state index in [1.807, 2.05) is 0 Å². The van der Waals surface area contributed by atoms with Crippen LogP contribution in [0.1, 0.15) is 38.2 Å². The maximum atomic E-state index is 13.8. The monoisotopic (exact) mass is 510 g/mol. The average Bonchev–Trinajstić information content (AvgIpc) is 3.46. The lowest BCUT2D eigenvalue weighted by Crippen LogP contribution is -2.55.